The Morgan fingerprint density at radius 3 is 2.00 bits per heavy atom. The van der Waals surface area contributed by atoms with Crippen molar-refractivity contribution in [2.45, 2.75) is 52.5 Å². The number of hydrogen-bond donors (Lipinski definition) is 1. The largest absolute Gasteiger partial charge is 0.494 e. The van der Waals surface area contributed by atoms with Crippen LogP contribution in [-0.4, -0.2) is 15.5 Å². The summed E-state index contributed by atoms with van der Waals surface area (Å²) < 4.78 is 0. The van der Waals surface area contributed by atoms with Gasteiger partial charge in [-0.1, -0.05) is 62.9 Å². The van der Waals surface area contributed by atoms with Crippen molar-refractivity contribution in [2.24, 2.45) is 5.41 Å². The van der Waals surface area contributed by atoms with Crippen molar-refractivity contribution in [3.8, 4) is 0 Å². The number of rotatable bonds is 1. The predicted octanol–water partition coefficient (Wildman–Crippen LogP) is 5.31. The zero-order chi connectivity index (χ0) is 15.1. The third kappa shape index (κ3) is 2.83. The molecule has 0 aromatic heterocycles. The summed E-state index contributed by atoms with van der Waals surface area (Å²) in [6.07, 6.45) is 0. The molecule has 0 amide bonds. The van der Waals surface area contributed by atoms with Crippen molar-refractivity contribution >= 4 is 11.8 Å². The second-order valence-corrected chi connectivity index (χ2v) is 8.41. The molecule has 2 nitrogen and oxygen atoms in total. The highest BCUT2D eigenvalue weighted by atomic mass is 32.2. The summed E-state index contributed by atoms with van der Waals surface area (Å²) in [6.45, 7) is 12.9. The molecule has 2 rings (SSSR count). The Balaban J connectivity index is 2.47. The molecule has 1 aromatic rings. The van der Waals surface area contributed by atoms with Crippen molar-refractivity contribution in [1.29, 1.82) is 0 Å². The van der Waals surface area contributed by atoms with E-state index in [-0.39, 0.29) is 16.3 Å². The number of aliphatic hydroxyl groups excluding tert-OH is 1. The maximum atomic E-state index is 10.7. The number of nitrogens with zero attached hydrogens (tertiary/aromatic N) is 1. The topological polar surface area (TPSA) is 23.5 Å². The summed E-state index contributed by atoms with van der Waals surface area (Å²) in [5.41, 5.74) is 1.07. The molecule has 0 fully saturated rings. The predicted molar refractivity (Wildman–Crippen MR) is 87.5 cm³/mol. The monoisotopic (exact) mass is 291 g/mol. The molecule has 1 aliphatic heterocycles. The molecule has 0 saturated heterocycles. The maximum Gasteiger partial charge on any atom is 0.198 e. The van der Waals surface area contributed by atoms with Crippen LogP contribution in [0.3, 0.4) is 0 Å². The van der Waals surface area contributed by atoms with Gasteiger partial charge in [0.25, 0.3) is 0 Å². The van der Waals surface area contributed by atoms with Crippen molar-refractivity contribution in [3.63, 3.8) is 0 Å². The molecule has 1 unspecified atom stereocenters. The lowest BCUT2D eigenvalue weighted by Crippen LogP contribution is -2.40. The van der Waals surface area contributed by atoms with Gasteiger partial charge in [-0.05, 0) is 31.7 Å². The van der Waals surface area contributed by atoms with Crippen LogP contribution < -0.4 is 0 Å². The van der Waals surface area contributed by atoms with E-state index in [1.165, 1.54) is 5.56 Å². The average Bonchev–Trinajstić information content (AvgIpc) is 2.67. The summed E-state index contributed by atoms with van der Waals surface area (Å²) >= 11 is 1.77. The number of thioether (sulfide) groups is 1. The third-order valence-corrected chi connectivity index (χ3v) is 5.12. The Morgan fingerprint density at radius 1 is 1.00 bits per heavy atom. The number of benzene rings is 1. The Kier molecular flexibility index (Phi) is 3.85. The first-order valence-electron chi connectivity index (χ1n) is 7.07. The SMILES string of the molecule is CC(C)(C)C1=C(O)N(C(C)(C)C)C(c2ccccc2)S1. The van der Waals surface area contributed by atoms with Crippen LogP contribution in [0.25, 0.3) is 0 Å². The van der Waals surface area contributed by atoms with E-state index in [9.17, 15) is 5.11 Å². The standard InChI is InChI=1S/C17H25NOS/c1-16(2,3)13-14(19)18(17(4,5)6)15(20-13)12-10-8-7-9-11-12/h7-11,15,19H,1-6H3. The first-order valence-corrected chi connectivity index (χ1v) is 7.95. The van der Waals surface area contributed by atoms with Crippen molar-refractivity contribution in [3.05, 3.63) is 46.7 Å². The zero-order valence-electron chi connectivity index (χ0n) is 13.3. The first-order chi connectivity index (χ1) is 9.12. The highest BCUT2D eigenvalue weighted by Gasteiger charge is 2.43. The van der Waals surface area contributed by atoms with Crippen molar-refractivity contribution in [2.75, 3.05) is 0 Å². The molecule has 1 heterocycles. The molecule has 0 bridgehead atoms. The van der Waals surface area contributed by atoms with Crippen LogP contribution in [-0.2, 0) is 0 Å². The van der Waals surface area contributed by atoms with Gasteiger partial charge < -0.3 is 10.0 Å². The minimum absolute atomic E-state index is 0.0399. The van der Waals surface area contributed by atoms with Gasteiger partial charge in [0.05, 0.1) is 4.91 Å². The number of hydrogen-bond acceptors (Lipinski definition) is 3. The molecule has 1 atom stereocenters. The van der Waals surface area contributed by atoms with Crippen molar-refractivity contribution in [1.82, 2.24) is 4.90 Å². The lowest BCUT2D eigenvalue weighted by molar-refractivity contribution is 0.0976. The quantitative estimate of drug-likeness (QED) is 0.759. The van der Waals surface area contributed by atoms with E-state index in [0.29, 0.717) is 5.88 Å². The maximum absolute atomic E-state index is 10.7. The van der Waals surface area contributed by atoms with E-state index in [0.717, 1.165) is 4.91 Å². The highest BCUT2D eigenvalue weighted by molar-refractivity contribution is 8.03. The van der Waals surface area contributed by atoms with E-state index >= 15 is 0 Å². The molecular weight excluding hydrogens is 266 g/mol. The Hall–Kier alpha value is -1.09. The molecule has 1 aromatic carbocycles. The van der Waals surface area contributed by atoms with Gasteiger partial charge in [-0.3, -0.25) is 0 Å². The fourth-order valence-electron chi connectivity index (χ4n) is 2.45. The zero-order valence-corrected chi connectivity index (χ0v) is 14.1. The van der Waals surface area contributed by atoms with Gasteiger partial charge in [0.1, 0.15) is 5.37 Å². The Morgan fingerprint density at radius 2 is 1.55 bits per heavy atom. The smallest absolute Gasteiger partial charge is 0.198 e. The summed E-state index contributed by atoms with van der Waals surface area (Å²) in [5.74, 6) is 0.434. The van der Waals surface area contributed by atoms with E-state index in [1.54, 1.807) is 11.8 Å². The molecule has 1 N–H and O–H groups in total. The summed E-state index contributed by atoms with van der Waals surface area (Å²) in [4.78, 5) is 3.20. The molecule has 0 aliphatic carbocycles. The summed E-state index contributed by atoms with van der Waals surface area (Å²) in [6, 6.07) is 10.4. The normalized spacial score (nSPS) is 20.7. The highest BCUT2D eigenvalue weighted by Crippen LogP contribution is 2.55. The molecule has 0 spiro atoms. The lowest BCUT2D eigenvalue weighted by atomic mass is 9.95. The van der Waals surface area contributed by atoms with Crippen LogP contribution in [0.5, 0.6) is 0 Å². The molecule has 3 heteroatoms. The third-order valence-electron chi connectivity index (χ3n) is 3.38. The summed E-state index contributed by atoms with van der Waals surface area (Å²) in [7, 11) is 0. The van der Waals surface area contributed by atoms with Gasteiger partial charge >= 0.3 is 0 Å². The van der Waals surface area contributed by atoms with Crippen LogP contribution in [0.4, 0.5) is 0 Å². The van der Waals surface area contributed by atoms with Gasteiger partial charge in [-0.2, -0.15) is 0 Å². The summed E-state index contributed by atoms with van der Waals surface area (Å²) in [5, 5.41) is 10.9. The van der Waals surface area contributed by atoms with Gasteiger partial charge in [-0.25, -0.2) is 0 Å². The molecule has 110 valence electrons. The molecule has 20 heavy (non-hydrogen) atoms. The Labute approximate surface area is 126 Å². The average molecular weight is 291 g/mol. The minimum atomic E-state index is -0.120. The number of aliphatic hydroxyl groups is 1. The van der Waals surface area contributed by atoms with E-state index in [4.69, 9.17) is 0 Å². The lowest BCUT2D eigenvalue weighted by Gasteiger charge is -2.38. The minimum Gasteiger partial charge on any atom is -0.494 e. The van der Waals surface area contributed by atoms with Crippen LogP contribution in [0, 0.1) is 5.41 Å². The fraction of sp³-hybridized carbons (Fsp3) is 0.529. The van der Waals surface area contributed by atoms with Crippen LogP contribution >= 0.6 is 11.8 Å². The second-order valence-electron chi connectivity index (χ2n) is 7.32. The second kappa shape index (κ2) is 5.03. The van der Waals surface area contributed by atoms with Gasteiger partial charge in [0.2, 0.25) is 0 Å². The Bertz CT molecular complexity index is 508. The molecular formula is C17H25NOS. The van der Waals surface area contributed by atoms with E-state index < -0.39 is 0 Å². The molecule has 1 aliphatic rings. The van der Waals surface area contributed by atoms with E-state index in [1.807, 2.05) is 6.07 Å². The van der Waals surface area contributed by atoms with Crippen LogP contribution in [0.15, 0.2) is 41.1 Å². The molecule has 0 radical (unpaired) electrons. The van der Waals surface area contributed by atoms with Gasteiger partial charge in [-0.15, -0.1) is 0 Å². The number of allylic oxidation sites excluding steroid dienone is 1. The fourth-order valence-corrected chi connectivity index (χ4v) is 4.05. The van der Waals surface area contributed by atoms with Gasteiger partial charge in [0.15, 0.2) is 5.88 Å². The first kappa shape index (κ1) is 15.3. The van der Waals surface area contributed by atoms with Crippen molar-refractivity contribution < 1.29 is 5.11 Å². The van der Waals surface area contributed by atoms with E-state index in [2.05, 4.69) is 70.7 Å². The van der Waals surface area contributed by atoms with Gasteiger partial charge in [0, 0.05) is 5.54 Å². The van der Waals surface area contributed by atoms with Crippen LogP contribution in [0.1, 0.15) is 52.5 Å². The molecule has 0 saturated carbocycles. The van der Waals surface area contributed by atoms with Crippen LogP contribution in [0.2, 0.25) is 0 Å².